The van der Waals surface area contributed by atoms with Crippen molar-refractivity contribution in [1.29, 1.82) is 5.41 Å². The highest BCUT2D eigenvalue weighted by molar-refractivity contribution is 7.92. The Bertz CT molecular complexity index is 1390. The second-order valence-corrected chi connectivity index (χ2v) is 8.36. The van der Waals surface area contributed by atoms with Gasteiger partial charge in [-0.25, -0.2) is 22.2 Å². The molecule has 0 unspecified atom stereocenters. The van der Waals surface area contributed by atoms with Gasteiger partial charge in [0.05, 0.1) is 18.4 Å². The van der Waals surface area contributed by atoms with Crippen molar-refractivity contribution in [2.75, 3.05) is 17.6 Å². The summed E-state index contributed by atoms with van der Waals surface area (Å²) in [6, 6.07) is 7.16. The van der Waals surface area contributed by atoms with Crippen molar-refractivity contribution in [3.63, 3.8) is 0 Å². The van der Waals surface area contributed by atoms with Crippen molar-refractivity contribution in [2.24, 2.45) is 0 Å². The fourth-order valence-corrected chi connectivity index (χ4v) is 4.11. The quantitative estimate of drug-likeness (QED) is 0.382. The Morgan fingerprint density at radius 2 is 1.97 bits per heavy atom. The fourth-order valence-electron chi connectivity index (χ4n) is 2.62. The van der Waals surface area contributed by atoms with Crippen molar-refractivity contribution in [2.45, 2.75) is 4.90 Å². The number of nitrogens with one attached hydrogen (secondary N) is 2. The summed E-state index contributed by atoms with van der Waals surface area (Å²) in [5, 5.41) is 7.40. The van der Waals surface area contributed by atoms with E-state index in [1.165, 1.54) is 31.5 Å². The van der Waals surface area contributed by atoms with Crippen LogP contribution in [0, 0.1) is 28.9 Å². The van der Waals surface area contributed by atoms with E-state index in [9.17, 15) is 17.2 Å². The molecule has 3 aromatic rings. The molecule has 0 fully saturated rings. The van der Waals surface area contributed by atoms with E-state index in [2.05, 4.69) is 21.5 Å². The number of hydrogen-bond acceptors (Lipinski definition) is 6. The first kappa shape index (κ1) is 23.0. The number of pyridine rings is 1. The first-order chi connectivity index (χ1) is 15.2. The third kappa shape index (κ3) is 4.80. The van der Waals surface area contributed by atoms with Crippen LogP contribution in [-0.4, -0.2) is 26.7 Å². The zero-order valence-corrected chi connectivity index (χ0v) is 18.0. The van der Waals surface area contributed by atoms with Gasteiger partial charge in [0.25, 0.3) is 10.0 Å². The second kappa shape index (κ2) is 9.21. The van der Waals surface area contributed by atoms with Gasteiger partial charge in [-0.1, -0.05) is 23.4 Å². The lowest BCUT2D eigenvalue weighted by molar-refractivity contribution is 0.403. The lowest BCUT2D eigenvalue weighted by atomic mass is 10.1. The predicted molar refractivity (Wildman–Crippen MR) is 118 cm³/mol. The number of halogens is 3. The molecule has 0 aliphatic rings. The van der Waals surface area contributed by atoms with Crippen molar-refractivity contribution in [3.8, 4) is 17.6 Å². The van der Waals surface area contributed by atoms with Gasteiger partial charge in [-0.05, 0) is 36.4 Å². The number of sulfonamides is 1. The van der Waals surface area contributed by atoms with E-state index in [1.54, 1.807) is 0 Å². The van der Waals surface area contributed by atoms with Crippen LogP contribution in [-0.2, 0) is 10.0 Å². The molecular formula is C21H15ClF2N4O3S. The summed E-state index contributed by atoms with van der Waals surface area (Å²) in [6.45, 7) is 0. The Morgan fingerprint density at radius 1 is 1.22 bits per heavy atom. The number of hydrogen-bond donors (Lipinski definition) is 3. The maximum atomic E-state index is 15.0. The SMILES string of the molecule is COc1ccc(Cl)cc1S(=O)(=O)Nc1ccc(F)c(C#Cc2cnc(N)c(C=N)c2)c1F. The van der Waals surface area contributed by atoms with Crippen molar-refractivity contribution < 1.29 is 21.9 Å². The minimum atomic E-state index is -4.33. The van der Waals surface area contributed by atoms with Crippen LogP contribution in [0.25, 0.3) is 0 Å². The maximum Gasteiger partial charge on any atom is 0.265 e. The summed E-state index contributed by atoms with van der Waals surface area (Å²) < 4.78 is 61.8. The van der Waals surface area contributed by atoms with E-state index < -0.39 is 32.9 Å². The van der Waals surface area contributed by atoms with E-state index in [0.29, 0.717) is 0 Å². The van der Waals surface area contributed by atoms with Gasteiger partial charge in [-0.2, -0.15) is 0 Å². The normalized spacial score (nSPS) is 10.8. The summed E-state index contributed by atoms with van der Waals surface area (Å²) in [5.74, 6) is 2.75. The molecule has 0 aliphatic carbocycles. The van der Waals surface area contributed by atoms with E-state index in [1.807, 2.05) is 0 Å². The smallest absolute Gasteiger partial charge is 0.265 e. The van der Waals surface area contributed by atoms with E-state index in [4.69, 9.17) is 27.5 Å². The molecule has 0 saturated heterocycles. The third-order valence-electron chi connectivity index (χ3n) is 4.19. The molecule has 11 heteroatoms. The van der Waals surface area contributed by atoms with Gasteiger partial charge in [0, 0.05) is 28.6 Å². The van der Waals surface area contributed by atoms with Crippen LogP contribution in [0.15, 0.2) is 47.5 Å². The molecule has 7 nitrogen and oxygen atoms in total. The number of methoxy groups -OCH3 is 1. The number of ether oxygens (including phenoxy) is 1. The van der Waals surface area contributed by atoms with Gasteiger partial charge in [0.15, 0.2) is 5.82 Å². The first-order valence-electron chi connectivity index (χ1n) is 8.78. The fraction of sp³-hybridized carbons (Fsp3) is 0.0476. The molecule has 164 valence electrons. The Hall–Kier alpha value is -3.68. The maximum absolute atomic E-state index is 15.0. The Kier molecular flexibility index (Phi) is 6.62. The Morgan fingerprint density at radius 3 is 2.66 bits per heavy atom. The van der Waals surface area contributed by atoms with Crippen LogP contribution >= 0.6 is 11.6 Å². The molecule has 0 saturated carbocycles. The Labute approximate surface area is 187 Å². The van der Waals surface area contributed by atoms with E-state index in [0.717, 1.165) is 24.4 Å². The number of nitrogens with zero attached hydrogens (tertiary/aromatic N) is 1. The molecule has 1 heterocycles. The molecule has 1 aromatic heterocycles. The number of benzene rings is 2. The molecule has 0 atom stereocenters. The monoisotopic (exact) mass is 476 g/mol. The number of aromatic nitrogens is 1. The molecule has 0 aliphatic heterocycles. The topological polar surface area (TPSA) is 118 Å². The standard InChI is InChI=1S/C21H15ClF2N4O3S/c1-31-18-7-3-14(22)9-19(18)32(29,30)28-17-6-5-16(23)15(20(17)24)4-2-12-8-13(10-25)21(26)27-11-12/h3,5-11,25,28H,1H3,(H2,26,27). The minimum absolute atomic E-state index is 0.0118. The van der Waals surface area contributed by atoms with Gasteiger partial charge in [0.1, 0.15) is 22.3 Å². The van der Waals surface area contributed by atoms with Crippen molar-refractivity contribution in [3.05, 3.63) is 75.9 Å². The summed E-state index contributed by atoms with van der Waals surface area (Å²) in [5.41, 5.74) is 4.97. The van der Waals surface area contributed by atoms with Crippen LogP contribution in [0.4, 0.5) is 20.3 Å². The van der Waals surface area contributed by atoms with Gasteiger partial charge in [-0.3, -0.25) is 4.72 Å². The molecule has 0 amide bonds. The predicted octanol–water partition coefficient (Wildman–Crippen LogP) is 3.80. The molecule has 0 bridgehead atoms. The van der Waals surface area contributed by atoms with E-state index in [-0.39, 0.29) is 32.6 Å². The minimum Gasteiger partial charge on any atom is -0.495 e. The molecule has 4 N–H and O–H groups in total. The average Bonchev–Trinajstić information content (AvgIpc) is 2.76. The summed E-state index contributed by atoms with van der Waals surface area (Å²) in [6.07, 6.45) is 2.25. The molecular weight excluding hydrogens is 462 g/mol. The van der Waals surface area contributed by atoms with Crippen LogP contribution in [0.2, 0.25) is 5.02 Å². The van der Waals surface area contributed by atoms with Gasteiger partial charge in [0.2, 0.25) is 0 Å². The van der Waals surface area contributed by atoms with Crippen LogP contribution < -0.4 is 15.2 Å². The molecule has 2 aromatic carbocycles. The largest absolute Gasteiger partial charge is 0.495 e. The second-order valence-electron chi connectivity index (χ2n) is 6.28. The van der Waals surface area contributed by atoms with Crippen LogP contribution in [0.1, 0.15) is 16.7 Å². The van der Waals surface area contributed by atoms with Gasteiger partial charge >= 0.3 is 0 Å². The first-order valence-corrected chi connectivity index (χ1v) is 10.6. The number of nitrogen functional groups attached to an aromatic ring is 1. The molecule has 0 radical (unpaired) electrons. The molecule has 0 spiro atoms. The highest BCUT2D eigenvalue weighted by atomic mass is 35.5. The number of anilines is 2. The lowest BCUT2D eigenvalue weighted by Gasteiger charge is -2.13. The average molecular weight is 477 g/mol. The number of rotatable bonds is 5. The molecule has 3 rings (SSSR count). The summed E-state index contributed by atoms with van der Waals surface area (Å²) >= 11 is 5.87. The van der Waals surface area contributed by atoms with Crippen LogP contribution in [0.5, 0.6) is 5.75 Å². The van der Waals surface area contributed by atoms with E-state index >= 15 is 0 Å². The number of nitrogens with two attached hydrogens (primary N) is 1. The van der Waals surface area contributed by atoms with Crippen LogP contribution in [0.3, 0.4) is 0 Å². The van der Waals surface area contributed by atoms with Gasteiger partial charge in [-0.15, -0.1) is 0 Å². The highest BCUT2D eigenvalue weighted by Crippen LogP contribution is 2.30. The zero-order chi connectivity index (χ0) is 23.5. The van der Waals surface area contributed by atoms with Gasteiger partial charge < -0.3 is 15.9 Å². The van der Waals surface area contributed by atoms with Crippen molar-refractivity contribution >= 4 is 39.3 Å². The lowest BCUT2D eigenvalue weighted by Crippen LogP contribution is -2.15. The Balaban J connectivity index is 2.01. The zero-order valence-electron chi connectivity index (χ0n) is 16.4. The highest BCUT2D eigenvalue weighted by Gasteiger charge is 2.23. The summed E-state index contributed by atoms with van der Waals surface area (Å²) in [7, 11) is -3.06. The third-order valence-corrected chi connectivity index (χ3v) is 5.81. The summed E-state index contributed by atoms with van der Waals surface area (Å²) in [4.78, 5) is 3.53. The van der Waals surface area contributed by atoms with Crippen molar-refractivity contribution in [1.82, 2.24) is 4.98 Å². The molecule has 32 heavy (non-hydrogen) atoms.